The van der Waals surface area contributed by atoms with E-state index in [0.29, 0.717) is 23.1 Å². The van der Waals surface area contributed by atoms with Gasteiger partial charge >= 0.3 is 6.18 Å². The highest BCUT2D eigenvalue weighted by molar-refractivity contribution is 6.11. The number of fused-ring (bicyclic) bond motifs is 1. The second kappa shape index (κ2) is 4.95. The van der Waals surface area contributed by atoms with Crippen molar-refractivity contribution in [1.29, 1.82) is 0 Å². The molecule has 2 aromatic rings. The van der Waals surface area contributed by atoms with Crippen LogP contribution in [0.5, 0.6) is 0 Å². The van der Waals surface area contributed by atoms with E-state index in [2.05, 4.69) is 0 Å². The Morgan fingerprint density at radius 3 is 2.39 bits per heavy atom. The van der Waals surface area contributed by atoms with Gasteiger partial charge in [-0.05, 0) is 36.0 Å². The summed E-state index contributed by atoms with van der Waals surface area (Å²) in [6.07, 6.45) is -3.48. The van der Waals surface area contributed by atoms with Crippen LogP contribution in [-0.4, -0.2) is 12.0 Å². The molecular weight excluding hydrogens is 301 g/mol. The molecule has 2 atom stereocenters. The molecule has 0 amide bonds. The molecule has 2 aromatic carbocycles. The minimum atomic E-state index is -4.24. The van der Waals surface area contributed by atoms with Crippen molar-refractivity contribution in [1.82, 2.24) is 0 Å². The third-order valence-electron chi connectivity index (χ3n) is 5.14. The maximum Gasteiger partial charge on any atom is 0.392 e. The standard InChI is InChI=1S/C19H15F3O/c20-19(21,22)16-9-8-11-5-3-7-14-17(11)15(16)10-12-4-1-2-6-13(12)18(14)23/h1-7,15-16H,8-10H2. The average Bonchev–Trinajstić information content (AvgIpc) is 2.64. The Kier molecular flexibility index (Phi) is 3.12. The van der Waals surface area contributed by atoms with E-state index in [1.807, 2.05) is 6.07 Å². The predicted molar refractivity (Wildman–Crippen MR) is 80.6 cm³/mol. The summed E-state index contributed by atoms with van der Waals surface area (Å²) in [7, 11) is 0. The summed E-state index contributed by atoms with van der Waals surface area (Å²) in [6, 6.07) is 12.4. The van der Waals surface area contributed by atoms with Gasteiger partial charge in [-0.1, -0.05) is 42.5 Å². The van der Waals surface area contributed by atoms with Crippen LogP contribution in [0.4, 0.5) is 13.2 Å². The fourth-order valence-corrected chi connectivity index (χ4v) is 4.12. The summed E-state index contributed by atoms with van der Waals surface area (Å²) in [5.74, 6) is -2.19. The van der Waals surface area contributed by atoms with Gasteiger partial charge in [-0.2, -0.15) is 13.2 Å². The molecule has 0 aromatic heterocycles. The van der Waals surface area contributed by atoms with Gasteiger partial charge < -0.3 is 0 Å². The number of hydrogen-bond donors (Lipinski definition) is 0. The third kappa shape index (κ3) is 2.19. The first kappa shape index (κ1) is 14.5. The second-order valence-corrected chi connectivity index (χ2v) is 6.36. The molecule has 0 spiro atoms. The zero-order valence-electron chi connectivity index (χ0n) is 12.4. The van der Waals surface area contributed by atoms with Gasteiger partial charge in [-0.25, -0.2) is 0 Å². The molecule has 23 heavy (non-hydrogen) atoms. The molecule has 1 nitrogen and oxygen atoms in total. The molecule has 2 aliphatic rings. The number of hydrogen-bond acceptors (Lipinski definition) is 1. The summed E-state index contributed by atoms with van der Waals surface area (Å²) < 4.78 is 40.6. The molecule has 0 bridgehead atoms. The Balaban J connectivity index is 1.97. The number of rotatable bonds is 0. The lowest BCUT2D eigenvalue weighted by Crippen LogP contribution is -2.34. The van der Waals surface area contributed by atoms with Crippen LogP contribution in [0.15, 0.2) is 42.5 Å². The lowest BCUT2D eigenvalue weighted by molar-refractivity contribution is -0.184. The molecule has 0 aliphatic heterocycles. The van der Waals surface area contributed by atoms with Crippen molar-refractivity contribution in [2.24, 2.45) is 5.92 Å². The van der Waals surface area contributed by atoms with Crippen LogP contribution in [0.1, 0.15) is 45.0 Å². The molecule has 0 saturated heterocycles. The van der Waals surface area contributed by atoms with Crippen molar-refractivity contribution in [3.8, 4) is 0 Å². The highest BCUT2D eigenvalue weighted by atomic mass is 19.4. The van der Waals surface area contributed by atoms with Crippen LogP contribution in [0.25, 0.3) is 0 Å². The van der Waals surface area contributed by atoms with Gasteiger partial charge in [0.15, 0.2) is 5.78 Å². The summed E-state index contributed by atoms with van der Waals surface area (Å²) >= 11 is 0. The maximum atomic E-state index is 13.5. The molecule has 0 saturated carbocycles. The van der Waals surface area contributed by atoms with Gasteiger partial charge in [0.1, 0.15) is 0 Å². The highest BCUT2D eigenvalue weighted by Gasteiger charge is 2.48. The van der Waals surface area contributed by atoms with Gasteiger partial charge in [-0.15, -0.1) is 0 Å². The summed E-state index contributed by atoms with van der Waals surface area (Å²) in [4.78, 5) is 12.8. The Labute approximate surface area is 132 Å². The number of carbonyl (C=O) groups is 1. The van der Waals surface area contributed by atoms with Crippen LogP contribution in [0.2, 0.25) is 0 Å². The number of alkyl halides is 3. The molecule has 0 radical (unpaired) electrons. The molecule has 118 valence electrons. The van der Waals surface area contributed by atoms with Crippen molar-refractivity contribution in [3.63, 3.8) is 0 Å². The number of halogens is 3. The summed E-state index contributed by atoms with van der Waals surface area (Å²) in [6.45, 7) is 0. The van der Waals surface area contributed by atoms with Gasteiger partial charge in [0.2, 0.25) is 0 Å². The molecule has 4 rings (SSSR count). The minimum Gasteiger partial charge on any atom is -0.289 e. The van der Waals surface area contributed by atoms with Crippen molar-refractivity contribution >= 4 is 5.78 Å². The van der Waals surface area contributed by atoms with E-state index in [9.17, 15) is 18.0 Å². The topological polar surface area (TPSA) is 17.1 Å². The average molecular weight is 316 g/mol. The molecule has 2 unspecified atom stereocenters. The van der Waals surface area contributed by atoms with E-state index >= 15 is 0 Å². The van der Waals surface area contributed by atoms with Gasteiger partial charge in [0, 0.05) is 17.0 Å². The fourth-order valence-electron chi connectivity index (χ4n) is 4.12. The van der Waals surface area contributed by atoms with E-state index in [1.54, 1.807) is 36.4 Å². The number of aryl methyl sites for hydroxylation is 1. The fraction of sp³-hybridized carbons (Fsp3) is 0.316. The Morgan fingerprint density at radius 2 is 1.61 bits per heavy atom. The highest BCUT2D eigenvalue weighted by Crippen LogP contribution is 2.49. The largest absolute Gasteiger partial charge is 0.392 e. The van der Waals surface area contributed by atoms with E-state index in [1.165, 1.54) is 0 Å². The van der Waals surface area contributed by atoms with E-state index in [-0.39, 0.29) is 18.6 Å². The lowest BCUT2D eigenvalue weighted by Gasteiger charge is -2.35. The Bertz CT molecular complexity index is 791. The van der Waals surface area contributed by atoms with Crippen molar-refractivity contribution in [3.05, 3.63) is 70.3 Å². The zero-order valence-corrected chi connectivity index (χ0v) is 12.4. The first-order chi connectivity index (χ1) is 11.0. The number of carbonyl (C=O) groups excluding carboxylic acids is 1. The quantitative estimate of drug-likeness (QED) is 0.689. The minimum absolute atomic E-state index is 0.0982. The molecular formula is C19H15F3O. The third-order valence-corrected chi connectivity index (χ3v) is 5.14. The SMILES string of the molecule is O=C1c2ccccc2CC2c3c(cccc31)CCC2C(F)(F)F. The first-order valence-corrected chi connectivity index (χ1v) is 7.78. The van der Waals surface area contributed by atoms with Crippen LogP contribution >= 0.6 is 0 Å². The predicted octanol–water partition coefficient (Wildman–Crippen LogP) is 4.68. The summed E-state index contributed by atoms with van der Waals surface area (Å²) in [5, 5.41) is 0. The molecule has 0 heterocycles. The Hall–Kier alpha value is -2.10. The smallest absolute Gasteiger partial charge is 0.289 e. The van der Waals surface area contributed by atoms with Crippen molar-refractivity contribution in [2.45, 2.75) is 31.4 Å². The van der Waals surface area contributed by atoms with E-state index < -0.39 is 18.0 Å². The number of benzene rings is 2. The second-order valence-electron chi connectivity index (χ2n) is 6.36. The maximum absolute atomic E-state index is 13.5. The molecule has 0 N–H and O–H groups in total. The molecule has 4 heteroatoms. The van der Waals surface area contributed by atoms with Gasteiger partial charge in [0.05, 0.1) is 5.92 Å². The van der Waals surface area contributed by atoms with Crippen LogP contribution in [0, 0.1) is 5.92 Å². The lowest BCUT2D eigenvalue weighted by atomic mass is 9.71. The molecule has 2 aliphatic carbocycles. The Morgan fingerprint density at radius 1 is 0.913 bits per heavy atom. The first-order valence-electron chi connectivity index (χ1n) is 7.78. The number of ketones is 1. The normalized spacial score (nSPS) is 23.0. The van der Waals surface area contributed by atoms with Crippen LogP contribution in [-0.2, 0) is 12.8 Å². The molecule has 0 fully saturated rings. The van der Waals surface area contributed by atoms with Gasteiger partial charge in [-0.3, -0.25) is 4.79 Å². The van der Waals surface area contributed by atoms with Crippen LogP contribution in [0.3, 0.4) is 0 Å². The van der Waals surface area contributed by atoms with E-state index in [0.717, 1.165) is 11.1 Å². The van der Waals surface area contributed by atoms with Crippen molar-refractivity contribution in [2.75, 3.05) is 0 Å². The van der Waals surface area contributed by atoms with Gasteiger partial charge in [0.25, 0.3) is 0 Å². The zero-order chi connectivity index (χ0) is 16.2. The van der Waals surface area contributed by atoms with E-state index in [4.69, 9.17) is 0 Å². The summed E-state index contributed by atoms with van der Waals surface area (Å²) in [5.41, 5.74) is 3.24. The van der Waals surface area contributed by atoms with Crippen LogP contribution < -0.4 is 0 Å². The van der Waals surface area contributed by atoms with Crippen molar-refractivity contribution < 1.29 is 18.0 Å². The monoisotopic (exact) mass is 316 g/mol.